The molecular weight excluding hydrogens is 332 g/mol. The molecule has 1 aliphatic heterocycles. The van der Waals surface area contributed by atoms with Crippen LogP contribution in [0.5, 0.6) is 5.88 Å². The van der Waals surface area contributed by atoms with Crippen LogP contribution in [0.3, 0.4) is 0 Å². The van der Waals surface area contributed by atoms with Crippen LogP contribution < -0.4 is 10.3 Å². The normalized spacial score (nSPS) is 16.8. The van der Waals surface area contributed by atoms with E-state index in [-0.39, 0.29) is 23.3 Å². The Labute approximate surface area is 149 Å². The molecule has 1 aliphatic rings. The molecule has 4 rings (SSSR count). The predicted molar refractivity (Wildman–Crippen MR) is 96.2 cm³/mol. The molecule has 1 saturated heterocycles. The van der Waals surface area contributed by atoms with Gasteiger partial charge in [-0.3, -0.25) is 9.59 Å². The van der Waals surface area contributed by atoms with E-state index in [1.165, 1.54) is 19.2 Å². The minimum Gasteiger partial charge on any atom is -0.472 e. The van der Waals surface area contributed by atoms with E-state index in [1.807, 2.05) is 36.4 Å². The number of hydrogen-bond donors (Lipinski definition) is 0. The molecule has 0 radical (unpaired) electrons. The van der Waals surface area contributed by atoms with E-state index in [9.17, 15) is 9.59 Å². The minimum atomic E-state index is -0.244. The van der Waals surface area contributed by atoms with Crippen LogP contribution >= 0.6 is 0 Å². The SMILES string of the molecule is Cn1nc(C(=O)N2CC[C@H](Oc3ccc4ccccc4n3)C2)ccc1=O. The van der Waals surface area contributed by atoms with Gasteiger partial charge in [0.15, 0.2) is 0 Å². The third kappa shape index (κ3) is 3.15. The van der Waals surface area contributed by atoms with Crippen molar-refractivity contribution in [3.05, 3.63) is 64.6 Å². The number of pyridine rings is 1. The highest BCUT2D eigenvalue weighted by molar-refractivity contribution is 5.92. The average Bonchev–Trinajstić information content (AvgIpc) is 3.12. The number of likely N-dealkylation sites (tertiary alicyclic amines) is 1. The lowest BCUT2D eigenvalue weighted by Crippen LogP contribution is -2.33. The lowest BCUT2D eigenvalue weighted by atomic mass is 10.2. The fourth-order valence-electron chi connectivity index (χ4n) is 3.07. The summed E-state index contributed by atoms with van der Waals surface area (Å²) in [4.78, 5) is 30.2. The second-order valence-electron chi connectivity index (χ2n) is 6.30. The number of para-hydroxylation sites is 1. The Balaban J connectivity index is 1.44. The number of rotatable bonds is 3. The highest BCUT2D eigenvalue weighted by Gasteiger charge is 2.29. The summed E-state index contributed by atoms with van der Waals surface area (Å²) in [5, 5.41) is 5.08. The predicted octanol–water partition coefficient (Wildman–Crippen LogP) is 1.62. The van der Waals surface area contributed by atoms with Gasteiger partial charge in [-0.05, 0) is 18.2 Å². The zero-order chi connectivity index (χ0) is 18.1. The van der Waals surface area contributed by atoms with Gasteiger partial charge in [-0.2, -0.15) is 5.10 Å². The maximum atomic E-state index is 12.6. The highest BCUT2D eigenvalue weighted by Crippen LogP contribution is 2.21. The number of carbonyl (C=O) groups excluding carboxylic acids is 1. The molecule has 2 aromatic heterocycles. The van der Waals surface area contributed by atoms with E-state index in [4.69, 9.17) is 4.74 Å². The van der Waals surface area contributed by atoms with Gasteiger partial charge in [-0.25, -0.2) is 9.67 Å². The van der Waals surface area contributed by atoms with Gasteiger partial charge in [-0.1, -0.05) is 18.2 Å². The third-order valence-corrected chi connectivity index (χ3v) is 4.47. The molecule has 1 aromatic carbocycles. The van der Waals surface area contributed by atoms with Crippen molar-refractivity contribution in [3.8, 4) is 5.88 Å². The van der Waals surface area contributed by atoms with Crippen LogP contribution in [0.25, 0.3) is 10.9 Å². The Bertz CT molecular complexity index is 1030. The lowest BCUT2D eigenvalue weighted by Gasteiger charge is -2.16. The number of hydrogen-bond acceptors (Lipinski definition) is 5. The van der Waals surface area contributed by atoms with E-state index in [0.29, 0.717) is 19.0 Å². The largest absolute Gasteiger partial charge is 0.472 e. The van der Waals surface area contributed by atoms with Gasteiger partial charge in [0.25, 0.3) is 11.5 Å². The Hall–Kier alpha value is -3.22. The summed E-state index contributed by atoms with van der Waals surface area (Å²) in [5.74, 6) is 0.362. The van der Waals surface area contributed by atoms with Crippen LogP contribution in [0.15, 0.2) is 53.3 Å². The Morgan fingerprint density at radius 3 is 2.85 bits per heavy atom. The molecule has 0 saturated carbocycles. The van der Waals surface area contributed by atoms with Gasteiger partial charge in [0.05, 0.1) is 12.1 Å². The number of benzene rings is 1. The standard InChI is InChI=1S/C19H18N4O3/c1-22-18(24)9-7-16(21-22)19(25)23-11-10-14(12-23)26-17-8-6-13-4-2-3-5-15(13)20-17/h2-9,14H,10-12H2,1H3/t14-/m0/s1. The van der Waals surface area contributed by atoms with Gasteiger partial charge >= 0.3 is 0 Å². The summed E-state index contributed by atoms with van der Waals surface area (Å²) in [6, 6.07) is 14.5. The number of fused-ring (bicyclic) bond motifs is 1. The number of carbonyl (C=O) groups is 1. The second-order valence-corrected chi connectivity index (χ2v) is 6.30. The topological polar surface area (TPSA) is 77.3 Å². The van der Waals surface area contributed by atoms with E-state index < -0.39 is 0 Å². The van der Waals surface area contributed by atoms with E-state index in [0.717, 1.165) is 22.0 Å². The van der Waals surface area contributed by atoms with Crippen molar-refractivity contribution in [1.29, 1.82) is 0 Å². The first-order chi connectivity index (χ1) is 12.6. The van der Waals surface area contributed by atoms with Crippen LogP contribution in [0, 0.1) is 0 Å². The Kier molecular flexibility index (Phi) is 4.12. The smallest absolute Gasteiger partial charge is 0.274 e. The molecule has 0 spiro atoms. The number of ether oxygens (including phenoxy) is 1. The van der Waals surface area contributed by atoms with Crippen molar-refractivity contribution >= 4 is 16.8 Å². The van der Waals surface area contributed by atoms with Crippen molar-refractivity contribution in [2.45, 2.75) is 12.5 Å². The molecule has 1 atom stereocenters. The molecule has 3 aromatic rings. The first-order valence-corrected chi connectivity index (χ1v) is 8.46. The maximum absolute atomic E-state index is 12.6. The zero-order valence-corrected chi connectivity index (χ0v) is 14.3. The monoisotopic (exact) mass is 350 g/mol. The lowest BCUT2D eigenvalue weighted by molar-refractivity contribution is 0.0763. The number of amides is 1. The number of aryl methyl sites for hydroxylation is 1. The van der Waals surface area contributed by atoms with Gasteiger partial charge in [0, 0.05) is 37.5 Å². The van der Waals surface area contributed by atoms with E-state index in [2.05, 4.69) is 10.1 Å². The molecule has 7 heteroatoms. The van der Waals surface area contributed by atoms with Crippen LogP contribution in [-0.2, 0) is 7.05 Å². The Morgan fingerprint density at radius 2 is 2.00 bits per heavy atom. The molecule has 3 heterocycles. The summed E-state index contributed by atoms with van der Waals surface area (Å²) in [6.45, 7) is 1.06. The summed E-state index contributed by atoms with van der Waals surface area (Å²) in [5.41, 5.74) is 0.897. The van der Waals surface area contributed by atoms with Gasteiger partial charge < -0.3 is 9.64 Å². The molecular formula is C19H18N4O3. The van der Waals surface area contributed by atoms with Gasteiger partial charge in [0.1, 0.15) is 11.8 Å². The van der Waals surface area contributed by atoms with Crippen LogP contribution in [0.2, 0.25) is 0 Å². The van der Waals surface area contributed by atoms with Crippen molar-refractivity contribution in [3.63, 3.8) is 0 Å². The summed E-state index contributed by atoms with van der Waals surface area (Å²) in [6.07, 6.45) is 0.617. The molecule has 132 valence electrons. The van der Waals surface area contributed by atoms with Crippen LogP contribution in [-0.4, -0.2) is 44.8 Å². The first kappa shape index (κ1) is 16.3. The van der Waals surface area contributed by atoms with Crippen molar-refractivity contribution in [1.82, 2.24) is 19.7 Å². The number of nitrogens with zero attached hydrogens (tertiary/aromatic N) is 4. The average molecular weight is 350 g/mol. The molecule has 26 heavy (non-hydrogen) atoms. The van der Waals surface area contributed by atoms with E-state index in [1.54, 1.807) is 4.90 Å². The van der Waals surface area contributed by atoms with Crippen molar-refractivity contribution < 1.29 is 9.53 Å². The molecule has 1 fully saturated rings. The van der Waals surface area contributed by atoms with E-state index >= 15 is 0 Å². The third-order valence-electron chi connectivity index (χ3n) is 4.47. The molecule has 0 aliphatic carbocycles. The second kappa shape index (κ2) is 6.59. The minimum absolute atomic E-state index is 0.111. The van der Waals surface area contributed by atoms with Crippen LogP contribution in [0.1, 0.15) is 16.9 Å². The first-order valence-electron chi connectivity index (χ1n) is 8.46. The van der Waals surface area contributed by atoms with Crippen molar-refractivity contribution in [2.75, 3.05) is 13.1 Å². The maximum Gasteiger partial charge on any atom is 0.274 e. The summed E-state index contributed by atoms with van der Waals surface area (Å²) < 4.78 is 7.12. The molecule has 0 unspecified atom stereocenters. The van der Waals surface area contributed by atoms with Crippen LogP contribution in [0.4, 0.5) is 0 Å². The zero-order valence-electron chi connectivity index (χ0n) is 14.3. The summed E-state index contributed by atoms with van der Waals surface area (Å²) >= 11 is 0. The molecule has 1 amide bonds. The fourth-order valence-corrected chi connectivity index (χ4v) is 3.07. The molecule has 7 nitrogen and oxygen atoms in total. The fraction of sp³-hybridized carbons (Fsp3) is 0.263. The number of aromatic nitrogens is 3. The van der Waals surface area contributed by atoms with Crippen molar-refractivity contribution in [2.24, 2.45) is 7.05 Å². The van der Waals surface area contributed by atoms with Gasteiger partial charge in [-0.15, -0.1) is 0 Å². The quantitative estimate of drug-likeness (QED) is 0.717. The van der Waals surface area contributed by atoms with Gasteiger partial charge in [0.2, 0.25) is 5.88 Å². The highest BCUT2D eigenvalue weighted by atomic mass is 16.5. The molecule has 0 bridgehead atoms. The molecule has 0 N–H and O–H groups in total. The summed E-state index contributed by atoms with van der Waals surface area (Å²) in [7, 11) is 1.53. The Morgan fingerprint density at radius 1 is 1.15 bits per heavy atom.